The van der Waals surface area contributed by atoms with Gasteiger partial charge in [-0.3, -0.25) is 19.2 Å². The smallest absolute Gasteiger partial charge is 0.271 e. The average Bonchev–Trinajstić information content (AvgIpc) is 2.77. The molecule has 8 nitrogen and oxygen atoms in total. The van der Waals surface area contributed by atoms with Gasteiger partial charge in [-0.05, 0) is 43.9 Å². The third-order valence-electron chi connectivity index (χ3n) is 4.84. The number of nitrogens with one attached hydrogen (secondary N) is 1. The van der Waals surface area contributed by atoms with Crippen LogP contribution in [0.2, 0.25) is 0 Å². The van der Waals surface area contributed by atoms with Gasteiger partial charge < -0.3 is 5.32 Å². The number of hydrogen-bond donors (Lipinski definition) is 1. The Labute approximate surface area is 175 Å². The van der Waals surface area contributed by atoms with Gasteiger partial charge in [0.2, 0.25) is 5.91 Å². The Hall–Kier alpha value is -3.20. The molecule has 2 aromatic carbocycles. The number of carbonyl (C=O) groups is 1. The number of nitro benzene ring substituents is 1. The van der Waals surface area contributed by atoms with Gasteiger partial charge in [-0.1, -0.05) is 35.9 Å². The second-order valence-corrected chi connectivity index (χ2v) is 8.85. The Morgan fingerprint density at radius 1 is 1.10 bits per heavy atom. The molecule has 0 radical (unpaired) electrons. The highest BCUT2D eigenvalue weighted by Gasteiger charge is 2.28. The van der Waals surface area contributed by atoms with Crippen molar-refractivity contribution >= 4 is 27.3 Å². The van der Waals surface area contributed by atoms with E-state index in [4.69, 9.17) is 0 Å². The maximum absolute atomic E-state index is 13.2. The van der Waals surface area contributed by atoms with E-state index in [0.717, 1.165) is 41.6 Å². The van der Waals surface area contributed by atoms with E-state index < -0.39 is 27.4 Å². The van der Waals surface area contributed by atoms with E-state index in [0.29, 0.717) is 6.54 Å². The highest BCUT2D eigenvalue weighted by Crippen LogP contribution is 2.27. The van der Waals surface area contributed by atoms with Crippen molar-refractivity contribution in [2.24, 2.45) is 0 Å². The first kappa shape index (κ1) is 21.5. The zero-order valence-electron chi connectivity index (χ0n) is 16.4. The van der Waals surface area contributed by atoms with Crippen LogP contribution in [0.5, 0.6) is 0 Å². The molecule has 1 aliphatic rings. The summed E-state index contributed by atoms with van der Waals surface area (Å²) >= 11 is 0. The molecule has 1 amide bonds. The lowest BCUT2D eigenvalue weighted by molar-refractivity contribution is -0.384. The van der Waals surface area contributed by atoms with Gasteiger partial charge in [0.1, 0.15) is 6.54 Å². The number of nitro groups is 1. The van der Waals surface area contributed by atoms with Crippen molar-refractivity contribution in [1.82, 2.24) is 5.32 Å². The first-order chi connectivity index (χ1) is 14.4. The zero-order valence-corrected chi connectivity index (χ0v) is 17.2. The van der Waals surface area contributed by atoms with Crippen molar-refractivity contribution in [3.8, 4) is 0 Å². The van der Waals surface area contributed by atoms with Gasteiger partial charge in [0, 0.05) is 18.7 Å². The first-order valence-electron chi connectivity index (χ1n) is 9.65. The molecule has 0 fully saturated rings. The molecule has 9 heteroatoms. The molecule has 0 spiro atoms. The molecule has 0 saturated carbocycles. The summed E-state index contributed by atoms with van der Waals surface area (Å²) in [6.45, 7) is -0.112. The van der Waals surface area contributed by atoms with E-state index in [1.165, 1.54) is 30.3 Å². The van der Waals surface area contributed by atoms with Crippen LogP contribution in [-0.4, -0.2) is 32.3 Å². The molecule has 0 aromatic heterocycles. The fraction of sp³-hybridized carbons (Fsp3) is 0.286. The predicted octanol–water partition coefficient (Wildman–Crippen LogP) is 3.41. The molecule has 0 aliphatic heterocycles. The summed E-state index contributed by atoms with van der Waals surface area (Å²) in [5.74, 6) is -0.479. The zero-order chi connectivity index (χ0) is 21.6. The third-order valence-corrected chi connectivity index (χ3v) is 6.63. The normalized spacial score (nSPS) is 13.9. The van der Waals surface area contributed by atoms with Gasteiger partial charge >= 0.3 is 0 Å². The van der Waals surface area contributed by atoms with Gasteiger partial charge in [-0.25, -0.2) is 8.42 Å². The van der Waals surface area contributed by atoms with Crippen molar-refractivity contribution in [2.45, 2.75) is 30.6 Å². The van der Waals surface area contributed by atoms with Crippen molar-refractivity contribution in [3.05, 3.63) is 76.4 Å². The van der Waals surface area contributed by atoms with Crippen LogP contribution in [0.4, 0.5) is 11.4 Å². The Kier molecular flexibility index (Phi) is 6.83. The standard InChI is InChI=1S/C21H23N3O5S/c25-21(22-15-17-8-3-1-4-9-17)16-23(18-10-7-11-19(14-18)24(26)27)30(28,29)20-12-5-2-6-13-20/h2,5-8,10-14H,1,3-4,9,15-16H2,(H,22,25). The second kappa shape index (κ2) is 9.53. The van der Waals surface area contributed by atoms with Crippen LogP contribution in [0.1, 0.15) is 25.7 Å². The summed E-state index contributed by atoms with van der Waals surface area (Å²) in [5.41, 5.74) is 0.927. The molecule has 0 saturated heterocycles. The minimum Gasteiger partial charge on any atom is -0.351 e. The van der Waals surface area contributed by atoms with E-state index in [1.54, 1.807) is 18.2 Å². The van der Waals surface area contributed by atoms with Crippen LogP contribution in [0.3, 0.4) is 0 Å². The number of anilines is 1. The Bertz CT molecular complexity index is 1050. The number of rotatable bonds is 8. The number of non-ortho nitro benzene ring substituents is 1. The SMILES string of the molecule is O=C(CN(c1cccc([N+](=O)[O-])c1)S(=O)(=O)c1ccccc1)NCC1=CCCCC1. The molecule has 0 heterocycles. The number of hydrogen-bond acceptors (Lipinski definition) is 5. The highest BCUT2D eigenvalue weighted by molar-refractivity contribution is 7.92. The molecule has 3 rings (SSSR count). The van der Waals surface area contributed by atoms with E-state index in [2.05, 4.69) is 11.4 Å². The highest BCUT2D eigenvalue weighted by atomic mass is 32.2. The van der Waals surface area contributed by atoms with Crippen LogP contribution in [0.15, 0.2) is 71.1 Å². The monoisotopic (exact) mass is 429 g/mol. The number of nitrogens with zero attached hydrogens (tertiary/aromatic N) is 2. The number of allylic oxidation sites excluding steroid dienone is 1. The van der Waals surface area contributed by atoms with Crippen LogP contribution < -0.4 is 9.62 Å². The minimum atomic E-state index is -4.10. The summed E-state index contributed by atoms with van der Waals surface area (Å²) < 4.78 is 27.3. The largest absolute Gasteiger partial charge is 0.351 e. The molecule has 0 bridgehead atoms. The lowest BCUT2D eigenvalue weighted by Crippen LogP contribution is -2.41. The number of amides is 1. The summed E-state index contributed by atoms with van der Waals surface area (Å²) in [7, 11) is -4.10. The minimum absolute atomic E-state index is 0.000653. The fourth-order valence-electron chi connectivity index (χ4n) is 3.26. The molecule has 1 aliphatic carbocycles. The number of sulfonamides is 1. The van der Waals surface area contributed by atoms with Gasteiger partial charge in [0.15, 0.2) is 0 Å². The average molecular weight is 429 g/mol. The molecule has 0 unspecified atom stereocenters. The number of carbonyl (C=O) groups excluding carboxylic acids is 1. The molecule has 0 atom stereocenters. The van der Waals surface area contributed by atoms with Gasteiger partial charge in [0.25, 0.3) is 15.7 Å². The summed E-state index contributed by atoms with van der Waals surface area (Å²) in [4.78, 5) is 23.1. The Morgan fingerprint density at radius 2 is 1.87 bits per heavy atom. The summed E-state index contributed by atoms with van der Waals surface area (Å²) in [6, 6.07) is 12.9. The molecular weight excluding hydrogens is 406 g/mol. The van der Waals surface area contributed by atoms with Crippen molar-refractivity contribution in [1.29, 1.82) is 0 Å². The van der Waals surface area contributed by atoms with E-state index in [-0.39, 0.29) is 16.3 Å². The van der Waals surface area contributed by atoms with Crippen LogP contribution in [-0.2, 0) is 14.8 Å². The quantitative estimate of drug-likeness (QED) is 0.393. The second-order valence-electron chi connectivity index (χ2n) is 6.99. The number of benzene rings is 2. The molecule has 1 N–H and O–H groups in total. The van der Waals surface area contributed by atoms with Gasteiger partial charge in [-0.15, -0.1) is 0 Å². The topological polar surface area (TPSA) is 110 Å². The fourth-order valence-corrected chi connectivity index (χ4v) is 4.69. The molecule has 30 heavy (non-hydrogen) atoms. The lowest BCUT2D eigenvalue weighted by Gasteiger charge is -2.24. The Morgan fingerprint density at radius 3 is 2.53 bits per heavy atom. The van der Waals surface area contributed by atoms with Crippen LogP contribution >= 0.6 is 0 Å². The predicted molar refractivity (Wildman–Crippen MR) is 114 cm³/mol. The summed E-state index contributed by atoms with van der Waals surface area (Å²) in [5, 5.41) is 13.9. The maximum atomic E-state index is 13.2. The van der Waals surface area contributed by atoms with E-state index in [1.807, 2.05) is 0 Å². The van der Waals surface area contributed by atoms with Crippen molar-refractivity contribution < 1.29 is 18.1 Å². The van der Waals surface area contributed by atoms with E-state index in [9.17, 15) is 23.3 Å². The van der Waals surface area contributed by atoms with E-state index >= 15 is 0 Å². The summed E-state index contributed by atoms with van der Waals surface area (Å²) in [6.07, 6.45) is 6.20. The van der Waals surface area contributed by atoms with Gasteiger partial charge in [-0.2, -0.15) is 0 Å². The van der Waals surface area contributed by atoms with Crippen molar-refractivity contribution in [3.63, 3.8) is 0 Å². The molecule has 2 aromatic rings. The lowest BCUT2D eigenvalue weighted by atomic mass is 10.00. The maximum Gasteiger partial charge on any atom is 0.271 e. The van der Waals surface area contributed by atoms with Crippen LogP contribution in [0, 0.1) is 10.1 Å². The van der Waals surface area contributed by atoms with Crippen LogP contribution in [0.25, 0.3) is 0 Å². The third kappa shape index (κ3) is 5.24. The van der Waals surface area contributed by atoms with Crippen molar-refractivity contribution in [2.75, 3.05) is 17.4 Å². The molecule has 158 valence electrons. The Balaban J connectivity index is 1.87. The molecular formula is C21H23N3O5S. The van der Waals surface area contributed by atoms with Gasteiger partial charge in [0.05, 0.1) is 15.5 Å². The first-order valence-corrected chi connectivity index (χ1v) is 11.1.